The molecule has 0 spiro atoms. The van der Waals surface area contributed by atoms with Crippen LogP contribution in [-0.2, 0) is 11.3 Å². The maximum absolute atomic E-state index is 5.69. The first-order valence-electron chi connectivity index (χ1n) is 5.64. The number of methoxy groups -OCH3 is 1. The lowest BCUT2D eigenvalue weighted by Gasteiger charge is -2.07. The normalized spacial score (nSPS) is 15.1. The summed E-state index contributed by atoms with van der Waals surface area (Å²) in [6, 6.07) is 1.76. The summed E-state index contributed by atoms with van der Waals surface area (Å²) < 4.78 is 4.98. The van der Waals surface area contributed by atoms with E-state index in [1.54, 1.807) is 13.2 Å². The van der Waals surface area contributed by atoms with E-state index in [2.05, 4.69) is 15.3 Å². The van der Waals surface area contributed by atoms with E-state index >= 15 is 0 Å². The fourth-order valence-corrected chi connectivity index (χ4v) is 1.61. The van der Waals surface area contributed by atoms with Gasteiger partial charge in [0.25, 0.3) is 0 Å². The zero-order valence-electron chi connectivity index (χ0n) is 9.57. The van der Waals surface area contributed by atoms with Crippen LogP contribution in [0.15, 0.2) is 6.07 Å². The summed E-state index contributed by atoms with van der Waals surface area (Å²) in [6.07, 6.45) is 3.97. The highest BCUT2D eigenvalue weighted by atomic mass is 16.5. The van der Waals surface area contributed by atoms with Crippen LogP contribution in [0.2, 0.25) is 0 Å². The summed E-state index contributed by atoms with van der Waals surface area (Å²) in [5.41, 5.74) is 5.69. The molecular weight excluding hydrogens is 204 g/mol. The Morgan fingerprint density at radius 1 is 1.50 bits per heavy atom. The minimum Gasteiger partial charge on any atom is -0.384 e. The van der Waals surface area contributed by atoms with Gasteiger partial charge in [-0.3, -0.25) is 0 Å². The van der Waals surface area contributed by atoms with E-state index in [0.29, 0.717) is 18.2 Å². The van der Waals surface area contributed by atoms with Crippen molar-refractivity contribution in [1.29, 1.82) is 0 Å². The maximum Gasteiger partial charge on any atom is 0.158 e. The van der Waals surface area contributed by atoms with Gasteiger partial charge in [-0.15, -0.1) is 0 Å². The molecule has 16 heavy (non-hydrogen) atoms. The Morgan fingerprint density at radius 3 is 3.00 bits per heavy atom. The molecule has 1 fully saturated rings. The van der Waals surface area contributed by atoms with E-state index < -0.39 is 0 Å². The molecule has 0 radical (unpaired) electrons. The van der Waals surface area contributed by atoms with Gasteiger partial charge in [0.05, 0.1) is 0 Å². The van der Waals surface area contributed by atoms with Crippen molar-refractivity contribution in [3.8, 4) is 0 Å². The van der Waals surface area contributed by atoms with Crippen LogP contribution >= 0.6 is 0 Å². The Labute approximate surface area is 95.4 Å². The van der Waals surface area contributed by atoms with Gasteiger partial charge in [0.2, 0.25) is 0 Å². The van der Waals surface area contributed by atoms with Crippen LogP contribution in [0.3, 0.4) is 0 Å². The Hall–Kier alpha value is -1.36. The average molecular weight is 222 g/mol. The number of hydrogen-bond donors (Lipinski definition) is 2. The molecule has 5 heteroatoms. The third kappa shape index (κ3) is 3.34. The van der Waals surface area contributed by atoms with Crippen molar-refractivity contribution in [2.24, 2.45) is 5.92 Å². The molecule has 0 amide bonds. The molecule has 0 aliphatic heterocycles. The lowest BCUT2D eigenvalue weighted by molar-refractivity contribution is 0.178. The molecule has 5 nitrogen and oxygen atoms in total. The van der Waals surface area contributed by atoms with Crippen molar-refractivity contribution in [3.05, 3.63) is 11.9 Å². The lowest BCUT2D eigenvalue weighted by atomic mass is 10.3. The van der Waals surface area contributed by atoms with Gasteiger partial charge in [-0.2, -0.15) is 0 Å². The Kier molecular flexibility index (Phi) is 3.56. The summed E-state index contributed by atoms with van der Waals surface area (Å²) in [5.74, 6) is 2.82. The Balaban J connectivity index is 1.90. The predicted molar refractivity (Wildman–Crippen MR) is 63.0 cm³/mol. The van der Waals surface area contributed by atoms with Crippen molar-refractivity contribution in [1.82, 2.24) is 9.97 Å². The summed E-state index contributed by atoms with van der Waals surface area (Å²) in [7, 11) is 1.62. The van der Waals surface area contributed by atoms with Gasteiger partial charge in [0.1, 0.15) is 18.2 Å². The van der Waals surface area contributed by atoms with Crippen LogP contribution in [0.1, 0.15) is 25.1 Å². The smallest absolute Gasteiger partial charge is 0.158 e. The monoisotopic (exact) mass is 222 g/mol. The summed E-state index contributed by atoms with van der Waals surface area (Å²) in [5, 5.41) is 3.27. The second-order valence-electron chi connectivity index (χ2n) is 4.19. The number of nitrogens with zero attached hydrogens (tertiary/aromatic N) is 2. The van der Waals surface area contributed by atoms with Crippen molar-refractivity contribution in [3.63, 3.8) is 0 Å². The van der Waals surface area contributed by atoms with E-state index in [4.69, 9.17) is 10.5 Å². The largest absolute Gasteiger partial charge is 0.384 e. The highest BCUT2D eigenvalue weighted by Gasteiger charge is 2.20. The second-order valence-corrected chi connectivity index (χ2v) is 4.19. The minimum absolute atomic E-state index is 0.391. The molecule has 1 heterocycles. The van der Waals surface area contributed by atoms with Gasteiger partial charge < -0.3 is 15.8 Å². The van der Waals surface area contributed by atoms with Gasteiger partial charge in [0, 0.05) is 19.7 Å². The Bertz CT molecular complexity index is 352. The number of nitrogen functional groups attached to an aromatic ring is 1. The number of rotatable bonds is 6. The molecule has 1 aromatic heterocycles. The standard InChI is InChI=1S/C11H18N4O/c1-16-7-11-14-9(12)6-10(15-11)13-5-4-8-2-3-8/h6,8H,2-5,7H2,1H3,(H3,12,13,14,15). The van der Waals surface area contributed by atoms with E-state index in [9.17, 15) is 0 Å². The minimum atomic E-state index is 0.391. The number of ether oxygens (including phenoxy) is 1. The van der Waals surface area contributed by atoms with E-state index in [1.165, 1.54) is 19.3 Å². The molecule has 0 bridgehead atoms. The van der Waals surface area contributed by atoms with Crippen molar-refractivity contribution in [2.45, 2.75) is 25.9 Å². The lowest BCUT2D eigenvalue weighted by Crippen LogP contribution is -2.08. The van der Waals surface area contributed by atoms with E-state index in [1.807, 2.05) is 0 Å². The van der Waals surface area contributed by atoms with Crippen LogP contribution in [0.4, 0.5) is 11.6 Å². The average Bonchev–Trinajstić information content (AvgIpc) is 3.01. The highest BCUT2D eigenvalue weighted by molar-refractivity contribution is 5.44. The van der Waals surface area contributed by atoms with Crippen molar-refractivity contribution in [2.75, 3.05) is 24.7 Å². The third-order valence-electron chi connectivity index (χ3n) is 2.62. The quantitative estimate of drug-likeness (QED) is 0.761. The van der Waals surface area contributed by atoms with Crippen molar-refractivity contribution >= 4 is 11.6 Å². The first-order chi connectivity index (χ1) is 7.78. The van der Waals surface area contributed by atoms with E-state index in [0.717, 1.165) is 18.3 Å². The topological polar surface area (TPSA) is 73.1 Å². The molecule has 1 saturated carbocycles. The predicted octanol–water partition coefficient (Wildman–Crippen LogP) is 1.42. The molecule has 1 aliphatic rings. The molecule has 1 aromatic rings. The summed E-state index contributed by atoms with van der Waals surface area (Å²) in [4.78, 5) is 8.39. The zero-order valence-corrected chi connectivity index (χ0v) is 9.57. The van der Waals surface area contributed by atoms with Gasteiger partial charge >= 0.3 is 0 Å². The molecule has 1 aliphatic carbocycles. The van der Waals surface area contributed by atoms with Crippen LogP contribution in [-0.4, -0.2) is 23.6 Å². The van der Waals surface area contributed by atoms with Crippen LogP contribution in [0.5, 0.6) is 0 Å². The molecule has 0 saturated heterocycles. The first-order valence-corrected chi connectivity index (χ1v) is 5.64. The zero-order chi connectivity index (χ0) is 11.4. The fraction of sp³-hybridized carbons (Fsp3) is 0.636. The van der Waals surface area contributed by atoms with Crippen molar-refractivity contribution < 1.29 is 4.74 Å². The number of anilines is 2. The highest BCUT2D eigenvalue weighted by Crippen LogP contribution is 2.32. The Morgan fingerprint density at radius 2 is 2.31 bits per heavy atom. The summed E-state index contributed by atoms with van der Waals surface area (Å²) in [6.45, 7) is 1.34. The van der Waals surface area contributed by atoms with Gasteiger partial charge in [-0.25, -0.2) is 9.97 Å². The van der Waals surface area contributed by atoms with E-state index in [-0.39, 0.29) is 0 Å². The molecular formula is C11H18N4O. The number of nitrogens with one attached hydrogen (secondary N) is 1. The summed E-state index contributed by atoms with van der Waals surface area (Å²) >= 11 is 0. The number of aromatic nitrogens is 2. The van der Waals surface area contributed by atoms with Gasteiger partial charge in [-0.1, -0.05) is 12.8 Å². The molecule has 2 rings (SSSR count). The number of hydrogen-bond acceptors (Lipinski definition) is 5. The van der Waals surface area contributed by atoms with Gasteiger partial charge in [-0.05, 0) is 12.3 Å². The molecule has 0 unspecified atom stereocenters. The van der Waals surface area contributed by atoms with Crippen LogP contribution in [0, 0.1) is 5.92 Å². The second kappa shape index (κ2) is 5.12. The SMILES string of the molecule is COCc1nc(N)cc(NCCC2CC2)n1. The number of nitrogens with two attached hydrogens (primary N) is 1. The molecule has 0 atom stereocenters. The molecule has 3 N–H and O–H groups in total. The van der Waals surface area contributed by atoms with Crippen LogP contribution < -0.4 is 11.1 Å². The van der Waals surface area contributed by atoms with Crippen LogP contribution in [0.25, 0.3) is 0 Å². The first kappa shape index (κ1) is 11.1. The van der Waals surface area contributed by atoms with Gasteiger partial charge in [0.15, 0.2) is 5.82 Å². The molecule has 0 aromatic carbocycles. The third-order valence-corrected chi connectivity index (χ3v) is 2.62. The fourth-order valence-electron chi connectivity index (χ4n) is 1.61. The molecule has 88 valence electrons. The maximum atomic E-state index is 5.69.